The first-order valence-corrected chi connectivity index (χ1v) is 6.12. The van der Waals surface area contributed by atoms with Crippen LogP contribution in [0.1, 0.15) is 11.1 Å². The van der Waals surface area contributed by atoms with Crippen molar-refractivity contribution in [3.63, 3.8) is 0 Å². The predicted molar refractivity (Wildman–Crippen MR) is 70.1 cm³/mol. The molecule has 0 bridgehead atoms. The van der Waals surface area contributed by atoms with E-state index in [2.05, 4.69) is 22.9 Å². The molecule has 0 aromatic heterocycles. The minimum atomic E-state index is -4.42. The lowest BCUT2D eigenvalue weighted by Crippen LogP contribution is -2.06. The van der Waals surface area contributed by atoms with Gasteiger partial charge in [-0.1, -0.05) is 28.1 Å². The van der Waals surface area contributed by atoms with Crippen molar-refractivity contribution >= 4 is 15.9 Å². The molecule has 0 spiro atoms. The van der Waals surface area contributed by atoms with E-state index in [0.717, 1.165) is 11.6 Å². The summed E-state index contributed by atoms with van der Waals surface area (Å²) in [4.78, 5) is 0. The van der Waals surface area contributed by atoms with Crippen LogP contribution < -0.4 is 4.74 Å². The lowest BCUT2D eigenvalue weighted by atomic mass is 10.2. The van der Waals surface area contributed by atoms with E-state index in [1.165, 1.54) is 12.1 Å². The highest BCUT2D eigenvalue weighted by atomic mass is 79.9. The van der Waals surface area contributed by atoms with E-state index < -0.39 is 11.7 Å². The summed E-state index contributed by atoms with van der Waals surface area (Å²) >= 11 is 2.88. The van der Waals surface area contributed by atoms with Gasteiger partial charge in [-0.25, -0.2) is 0 Å². The third kappa shape index (κ3) is 3.50. The minimum absolute atomic E-state index is 0.0155. The molecule has 2 aromatic rings. The molecule has 0 fully saturated rings. The second-order valence-electron chi connectivity index (χ2n) is 3.89. The number of halogens is 4. The van der Waals surface area contributed by atoms with Crippen LogP contribution in [0.4, 0.5) is 13.2 Å². The Morgan fingerprint density at radius 3 is 2.32 bits per heavy atom. The molecule has 0 saturated heterocycles. The van der Waals surface area contributed by atoms with Crippen molar-refractivity contribution in [3.8, 4) is 11.5 Å². The molecule has 1 radical (unpaired) electrons. The fourth-order valence-corrected chi connectivity index (χ4v) is 2.00. The summed E-state index contributed by atoms with van der Waals surface area (Å²) in [5.74, 6) is 0.573. The maximum absolute atomic E-state index is 12.7. The van der Waals surface area contributed by atoms with E-state index in [1.54, 1.807) is 24.3 Å². The van der Waals surface area contributed by atoms with Gasteiger partial charge in [-0.3, -0.25) is 0 Å². The number of benzene rings is 2. The van der Waals surface area contributed by atoms with Crippen LogP contribution in [0, 0.1) is 6.92 Å². The predicted octanol–water partition coefficient (Wildman–Crippen LogP) is 5.44. The summed E-state index contributed by atoms with van der Waals surface area (Å²) in [6, 6.07) is 10.5. The molecule has 5 heteroatoms. The SMILES string of the molecule is [CH2]c1cccc(Oc2ccc(Br)c(C(F)(F)F)c2)c1. The van der Waals surface area contributed by atoms with E-state index in [4.69, 9.17) is 4.74 Å². The lowest BCUT2D eigenvalue weighted by molar-refractivity contribution is -0.138. The highest BCUT2D eigenvalue weighted by Gasteiger charge is 2.33. The maximum Gasteiger partial charge on any atom is 0.417 e. The molecule has 0 N–H and O–H groups in total. The molecule has 0 saturated carbocycles. The van der Waals surface area contributed by atoms with Crippen LogP contribution in [0.25, 0.3) is 0 Å². The Labute approximate surface area is 117 Å². The first-order valence-electron chi connectivity index (χ1n) is 5.33. The van der Waals surface area contributed by atoms with Gasteiger partial charge < -0.3 is 4.74 Å². The van der Waals surface area contributed by atoms with Crippen molar-refractivity contribution in [3.05, 3.63) is 65.0 Å². The number of alkyl halides is 3. The van der Waals surface area contributed by atoms with Gasteiger partial charge in [0.1, 0.15) is 11.5 Å². The van der Waals surface area contributed by atoms with Crippen molar-refractivity contribution in [2.45, 2.75) is 6.18 Å². The molecule has 0 amide bonds. The van der Waals surface area contributed by atoms with E-state index >= 15 is 0 Å². The zero-order valence-electron chi connectivity index (χ0n) is 9.67. The number of rotatable bonds is 2. The van der Waals surface area contributed by atoms with Crippen LogP contribution in [0.15, 0.2) is 46.9 Å². The largest absolute Gasteiger partial charge is 0.457 e. The van der Waals surface area contributed by atoms with Crippen LogP contribution >= 0.6 is 15.9 Å². The molecular formula is C14H9BrF3O. The van der Waals surface area contributed by atoms with Crippen LogP contribution in [-0.4, -0.2) is 0 Å². The average Bonchev–Trinajstić information content (AvgIpc) is 2.30. The summed E-state index contributed by atoms with van der Waals surface area (Å²) in [5.41, 5.74) is -0.0403. The van der Waals surface area contributed by atoms with Gasteiger partial charge in [-0.15, -0.1) is 0 Å². The van der Waals surface area contributed by atoms with Gasteiger partial charge in [-0.2, -0.15) is 13.2 Å². The zero-order valence-corrected chi connectivity index (χ0v) is 11.3. The number of hydrogen-bond acceptors (Lipinski definition) is 1. The first-order chi connectivity index (χ1) is 8.86. The highest BCUT2D eigenvalue weighted by molar-refractivity contribution is 9.10. The third-order valence-corrected chi connectivity index (χ3v) is 3.07. The second kappa shape index (κ2) is 5.25. The normalized spacial score (nSPS) is 11.4. The Morgan fingerprint density at radius 2 is 1.68 bits per heavy atom. The van der Waals surface area contributed by atoms with Crippen LogP contribution in [0.3, 0.4) is 0 Å². The monoisotopic (exact) mass is 329 g/mol. The molecule has 0 aliphatic rings. The summed E-state index contributed by atoms with van der Waals surface area (Å²) in [6.07, 6.45) is -4.42. The molecule has 0 aliphatic heterocycles. The van der Waals surface area contributed by atoms with E-state index in [9.17, 15) is 13.2 Å². The molecule has 99 valence electrons. The minimum Gasteiger partial charge on any atom is -0.457 e. The van der Waals surface area contributed by atoms with Crippen LogP contribution in [-0.2, 0) is 6.18 Å². The fraction of sp³-hybridized carbons (Fsp3) is 0.0714. The Morgan fingerprint density at radius 1 is 1.00 bits per heavy atom. The Bertz CT molecular complexity index is 593. The molecule has 2 rings (SSSR count). The van der Waals surface area contributed by atoms with E-state index in [1.807, 2.05) is 0 Å². The van der Waals surface area contributed by atoms with Crippen LogP contribution in [0.2, 0.25) is 0 Å². The molecule has 0 heterocycles. The quantitative estimate of drug-likeness (QED) is 0.712. The molecule has 0 aliphatic carbocycles. The zero-order chi connectivity index (χ0) is 14.0. The van der Waals surface area contributed by atoms with Gasteiger partial charge in [0.15, 0.2) is 0 Å². The van der Waals surface area contributed by atoms with Gasteiger partial charge in [0.05, 0.1) is 5.56 Å². The molecule has 19 heavy (non-hydrogen) atoms. The smallest absolute Gasteiger partial charge is 0.417 e. The van der Waals surface area contributed by atoms with E-state index in [-0.39, 0.29) is 10.2 Å². The van der Waals surface area contributed by atoms with Crippen LogP contribution in [0.5, 0.6) is 11.5 Å². The number of hydrogen-bond donors (Lipinski definition) is 0. The summed E-state index contributed by atoms with van der Waals surface area (Å²) in [5, 5.41) is 0. The Kier molecular flexibility index (Phi) is 3.85. The van der Waals surface area contributed by atoms with Crippen molar-refractivity contribution < 1.29 is 17.9 Å². The van der Waals surface area contributed by atoms with Crippen molar-refractivity contribution in [2.24, 2.45) is 0 Å². The van der Waals surface area contributed by atoms with Gasteiger partial charge in [0, 0.05) is 4.47 Å². The van der Waals surface area contributed by atoms with Gasteiger partial charge in [-0.05, 0) is 42.8 Å². The molecule has 1 nitrogen and oxygen atoms in total. The van der Waals surface area contributed by atoms with Gasteiger partial charge >= 0.3 is 6.18 Å². The van der Waals surface area contributed by atoms with Gasteiger partial charge in [0.25, 0.3) is 0 Å². The van der Waals surface area contributed by atoms with E-state index in [0.29, 0.717) is 5.75 Å². The molecule has 2 aromatic carbocycles. The maximum atomic E-state index is 12.7. The molecule has 0 unspecified atom stereocenters. The topological polar surface area (TPSA) is 9.23 Å². The first kappa shape index (κ1) is 13.9. The van der Waals surface area contributed by atoms with Crippen molar-refractivity contribution in [1.82, 2.24) is 0 Å². The summed E-state index contributed by atoms with van der Waals surface area (Å²) in [7, 11) is 0. The molecule has 0 atom stereocenters. The van der Waals surface area contributed by atoms with Crippen molar-refractivity contribution in [2.75, 3.05) is 0 Å². The van der Waals surface area contributed by atoms with Crippen molar-refractivity contribution in [1.29, 1.82) is 0 Å². The Hall–Kier alpha value is -1.49. The third-order valence-electron chi connectivity index (χ3n) is 2.38. The fourth-order valence-electron chi connectivity index (χ4n) is 1.53. The molecular weight excluding hydrogens is 321 g/mol. The summed E-state index contributed by atoms with van der Waals surface area (Å²) in [6.45, 7) is 3.73. The average molecular weight is 330 g/mol. The summed E-state index contributed by atoms with van der Waals surface area (Å²) < 4.78 is 43.6. The van der Waals surface area contributed by atoms with Gasteiger partial charge in [0.2, 0.25) is 0 Å². The number of ether oxygens (including phenoxy) is 1. The second-order valence-corrected chi connectivity index (χ2v) is 4.74. The standard InChI is InChI=1S/C14H9BrF3O/c1-9-3-2-4-10(7-9)19-11-5-6-13(15)12(8-11)14(16,17)18/h2-8H,1H2. The highest BCUT2D eigenvalue weighted by Crippen LogP contribution is 2.37. The lowest BCUT2D eigenvalue weighted by Gasteiger charge is -2.12. The Balaban J connectivity index is 2.32.